The number of carboxylic acids is 1. The summed E-state index contributed by atoms with van der Waals surface area (Å²) in [4.78, 5) is 10.9. The third kappa shape index (κ3) is 2.05. The number of fused-ring (bicyclic) bond motifs is 1. The van der Waals surface area contributed by atoms with E-state index >= 15 is 0 Å². The van der Waals surface area contributed by atoms with Gasteiger partial charge in [-0.05, 0) is 18.5 Å². The lowest BCUT2D eigenvalue weighted by Gasteiger charge is -2.27. The highest BCUT2D eigenvalue weighted by Crippen LogP contribution is 2.38. The van der Waals surface area contributed by atoms with Crippen LogP contribution in [0.4, 0.5) is 13.2 Å². The molecule has 1 aliphatic rings. The molecule has 6 heteroatoms. The molecule has 1 aromatic rings. The first-order valence-corrected chi connectivity index (χ1v) is 4.83. The number of hydrogen-bond acceptors (Lipinski definition) is 2. The number of ether oxygens (including phenoxy) is 1. The van der Waals surface area contributed by atoms with Crippen LogP contribution < -0.4 is 4.74 Å². The van der Waals surface area contributed by atoms with Crippen LogP contribution in [-0.4, -0.2) is 23.4 Å². The Hall–Kier alpha value is -1.98. The molecule has 0 bridgehead atoms. The summed E-state index contributed by atoms with van der Waals surface area (Å²) in [6.45, 7) is -2.67. The molecule has 96 valence electrons. The van der Waals surface area contributed by atoms with E-state index in [-0.39, 0.29) is 5.56 Å². The number of aryl methyl sites for hydroxylation is 1. The molecule has 0 radical (unpaired) electrons. The van der Waals surface area contributed by atoms with Crippen LogP contribution in [-0.2, 0) is 4.79 Å². The first-order valence-electron chi connectivity index (χ1n) is 6.33. The molecular weight excluding hydrogens is 249 g/mol. The molecule has 3 nitrogen and oxygen atoms in total. The molecule has 1 aliphatic heterocycles. The summed E-state index contributed by atoms with van der Waals surface area (Å²) in [5.41, 5.74) is -1.39. The number of para-hydroxylation sites is 1. The van der Waals surface area contributed by atoms with Gasteiger partial charge in [-0.3, -0.25) is 0 Å². The first kappa shape index (κ1) is 9.02. The molecule has 0 aromatic heterocycles. The molecule has 1 unspecified atom stereocenters. The van der Waals surface area contributed by atoms with Crippen molar-refractivity contribution in [1.82, 2.24) is 0 Å². The van der Waals surface area contributed by atoms with Crippen molar-refractivity contribution >= 4 is 12.0 Å². The van der Waals surface area contributed by atoms with Gasteiger partial charge >= 0.3 is 12.1 Å². The van der Waals surface area contributed by atoms with Gasteiger partial charge < -0.3 is 9.84 Å². The van der Waals surface area contributed by atoms with E-state index in [1.54, 1.807) is 0 Å². The summed E-state index contributed by atoms with van der Waals surface area (Å²) in [7, 11) is 0. The highest BCUT2D eigenvalue weighted by atomic mass is 19.4. The van der Waals surface area contributed by atoms with Crippen LogP contribution in [0.3, 0.4) is 0 Å². The van der Waals surface area contributed by atoms with E-state index in [2.05, 4.69) is 0 Å². The number of rotatable bonds is 1. The van der Waals surface area contributed by atoms with E-state index in [4.69, 9.17) is 14.0 Å². The Morgan fingerprint density at radius 3 is 2.78 bits per heavy atom. The summed E-state index contributed by atoms with van der Waals surface area (Å²) in [6, 6.07) is 3.73. The Morgan fingerprint density at radius 2 is 2.22 bits per heavy atom. The second-order valence-corrected chi connectivity index (χ2v) is 3.67. The lowest BCUT2D eigenvalue weighted by atomic mass is 9.99. The third-order valence-electron chi connectivity index (χ3n) is 2.42. The molecule has 0 saturated carbocycles. The number of carbonyl (C=O) groups is 1. The lowest BCUT2D eigenvalue weighted by molar-refractivity contribution is -0.187. The lowest BCUT2D eigenvalue weighted by Crippen LogP contribution is -2.40. The van der Waals surface area contributed by atoms with Gasteiger partial charge in [-0.25, -0.2) is 4.79 Å². The molecule has 1 aromatic carbocycles. The van der Waals surface area contributed by atoms with Crippen LogP contribution in [0.5, 0.6) is 5.75 Å². The summed E-state index contributed by atoms with van der Waals surface area (Å²) in [5.74, 6) is -2.24. The van der Waals surface area contributed by atoms with Crippen molar-refractivity contribution in [1.29, 1.82) is 0 Å². The summed E-state index contributed by atoms with van der Waals surface area (Å²) in [6.07, 6.45) is -6.88. The Kier molecular flexibility index (Phi) is 2.03. The minimum atomic E-state index is -4.97. The SMILES string of the molecule is [2H]C([2H])([2H])c1cccc2c1OC(C(F)(F)F)C(C(=O)O)=C2. The first-order chi connectivity index (χ1) is 9.51. The van der Waals surface area contributed by atoms with Crippen molar-refractivity contribution in [3.05, 3.63) is 34.9 Å². The molecule has 0 aliphatic carbocycles. The van der Waals surface area contributed by atoms with E-state index < -0.39 is 42.0 Å². The van der Waals surface area contributed by atoms with Gasteiger partial charge in [0.1, 0.15) is 5.75 Å². The van der Waals surface area contributed by atoms with Gasteiger partial charge in [0.2, 0.25) is 6.10 Å². The van der Waals surface area contributed by atoms with Crippen LogP contribution in [0.25, 0.3) is 6.08 Å². The van der Waals surface area contributed by atoms with Crippen molar-refractivity contribution in [3.63, 3.8) is 0 Å². The van der Waals surface area contributed by atoms with Gasteiger partial charge in [0.25, 0.3) is 0 Å². The zero-order valence-corrected chi connectivity index (χ0v) is 8.78. The average molecular weight is 261 g/mol. The van der Waals surface area contributed by atoms with E-state index in [1.807, 2.05) is 0 Å². The fourth-order valence-electron chi connectivity index (χ4n) is 1.64. The van der Waals surface area contributed by atoms with Crippen molar-refractivity contribution in [2.45, 2.75) is 19.1 Å². The third-order valence-corrected chi connectivity index (χ3v) is 2.42. The maximum Gasteiger partial charge on any atom is 0.430 e. The predicted octanol–water partition coefficient (Wildman–Crippen LogP) is 2.79. The molecule has 1 atom stereocenters. The Bertz CT molecular complexity index is 620. The molecule has 0 amide bonds. The van der Waals surface area contributed by atoms with Gasteiger partial charge in [-0.2, -0.15) is 13.2 Å². The highest BCUT2D eigenvalue weighted by Gasteiger charge is 2.48. The number of carboxylic acid groups (broad SMARTS) is 1. The average Bonchev–Trinajstić information content (AvgIpc) is 2.34. The van der Waals surface area contributed by atoms with Gasteiger partial charge in [0.05, 0.1) is 5.57 Å². The van der Waals surface area contributed by atoms with Gasteiger partial charge in [0.15, 0.2) is 0 Å². The molecular formula is C12H9F3O3. The number of aliphatic carboxylic acids is 1. The molecule has 0 fully saturated rings. The van der Waals surface area contributed by atoms with Crippen LogP contribution in [0.15, 0.2) is 23.8 Å². The zero-order chi connectivity index (χ0) is 16.0. The molecule has 0 spiro atoms. The van der Waals surface area contributed by atoms with Crippen LogP contribution >= 0.6 is 0 Å². The van der Waals surface area contributed by atoms with E-state index in [1.165, 1.54) is 12.1 Å². The summed E-state index contributed by atoms with van der Waals surface area (Å²) >= 11 is 0. The van der Waals surface area contributed by atoms with Crippen LogP contribution in [0.2, 0.25) is 0 Å². The van der Waals surface area contributed by atoms with E-state index in [0.29, 0.717) is 0 Å². The second kappa shape index (κ2) is 4.04. The highest BCUT2D eigenvalue weighted by molar-refractivity contribution is 5.95. The van der Waals surface area contributed by atoms with Crippen molar-refractivity contribution in [2.75, 3.05) is 0 Å². The Balaban J connectivity index is 2.64. The zero-order valence-electron chi connectivity index (χ0n) is 11.8. The van der Waals surface area contributed by atoms with Gasteiger partial charge in [-0.1, -0.05) is 18.2 Å². The molecule has 1 heterocycles. The smallest absolute Gasteiger partial charge is 0.430 e. The Morgan fingerprint density at radius 1 is 1.50 bits per heavy atom. The monoisotopic (exact) mass is 261 g/mol. The fourth-order valence-corrected chi connectivity index (χ4v) is 1.64. The predicted molar refractivity (Wildman–Crippen MR) is 57.3 cm³/mol. The topological polar surface area (TPSA) is 46.5 Å². The molecule has 18 heavy (non-hydrogen) atoms. The van der Waals surface area contributed by atoms with Crippen LogP contribution in [0, 0.1) is 6.85 Å². The standard InChI is InChI=1S/C12H9F3O3/c1-6-3-2-4-7-5-8(11(16)17)10(12(13,14)15)18-9(6)7/h2-5,10H,1H3,(H,16,17)/i1D3. The van der Waals surface area contributed by atoms with Crippen molar-refractivity contribution in [3.8, 4) is 5.75 Å². The summed E-state index contributed by atoms with van der Waals surface area (Å²) in [5, 5.41) is 8.87. The maximum absolute atomic E-state index is 12.9. The van der Waals surface area contributed by atoms with Crippen molar-refractivity contribution in [2.24, 2.45) is 0 Å². The molecule has 0 saturated heterocycles. The minimum Gasteiger partial charge on any atom is -0.478 e. The van der Waals surface area contributed by atoms with Crippen molar-refractivity contribution < 1.29 is 31.9 Å². The van der Waals surface area contributed by atoms with Gasteiger partial charge in [-0.15, -0.1) is 0 Å². The molecule has 2 rings (SSSR count). The fraction of sp³-hybridized carbons (Fsp3) is 0.250. The Labute approximate surface area is 105 Å². The quantitative estimate of drug-likeness (QED) is 0.845. The van der Waals surface area contributed by atoms with E-state index in [9.17, 15) is 18.0 Å². The number of hydrogen-bond donors (Lipinski definition) is 1. The summed E-state index contributed by atoms with van der Waals surface area (Å²) < 4.78 is 65.3. The molecule has 1 N–H and O–H groups in total. The minimum absolute atomic E-state index is 0.0125. The van der Waals surface area contributed by atoms with E-state index in [0.717, 1.165) is 12.1 Å². The maximum atomic E-state index is 12.9. The normalized spacial score (nSPS) is 21.8. The number of benzene rings is 1. The van der Waals surface area contributed by atoms with Crippen LogP contribution in [0.1, 0.15) is 15.2 Å². The number of alkyl halides is 3. The second-order valence-electron chi connectivity index (χ2n) is 3.67. The largest absolute Gasteiger partial charge is 0.478 e. The van der Waals surface area contributed by atoms with Gasteiger partial charge in [0, 0.05) is 9.68 Å². The number of halogens is 3.